The van der Waals surface area contributed by atoms with Crippen molar-refractivity contribution in [1.29, 1.82) is 0 Å². The smallest absolute Gasteiger partial charge is 0.223 e. The number of fused-ring (bicyclic) bond motifs is 2. The quantitative estimate of drug-likeness (QED) is 0.549. The van der Waals surface area contributed by atoms with Gasteiger partial charge in [0, 0.05) is 23.2 Å². The Morgan fingerprint density at radius 3 is 2.50 bits per heavy atom. The van der Waals surface area contributed by atoms with Crippen LogP contribution in [-0.4, -0.2) is 12.1 Å². The van der Waals surface area contributed by atoms with Crippen LogP contribution in [0.1, 0.15) is 22.6 Å². The molecule has 3 nitrogen and oxygen atoms in total. The summed E-state index contributed by atoms with van der Waals surface area (Å²) in [6.45, 7) is 0. The van der Waals surface area contributed by atoms with E-state index in [1.165, 1.54) is 5.56 Å². The molecule has 0 aliphatic carbocycles. The van der Waals surface area contributed by atoms with Crippen molar-refractivity contribution in [3.63, 3.8) is 0 Å². The van der Waals surface area contributed by atoms with Gasteiger partial charge in [-0.2, -0.15) is 0 Å². The van der Waals surface area contributed by atoms with Gasteiger partial charge in [-0.15, -0.1) is 0 Å². The summed E-state index contributed by atoms with van der Waals surface area (Å²) in [5.74, 6) is 2.53. The van der Waals surface area contributed by atoms with Gasteiger partial charge in [0.15, 0.2) is 0 Å². The van der Waals surface area contributed by atoms with E-state index < -0.39 is 0 Å². The molecule has 4 rings (SSSR count). The molecule has 2 heterocycles. The first kappa shape index (κ1) is 12.9. The summed E-state index contributed by atoms with van der Waals surface area (Å²) < 4.78 is 11.2. The van der Waals surface area contributed by atoms with Crippen molar-refractivity contribution >= 4 is 0 Å². The molecule has 0 fully saturated rings. The van der Waals surface area contributed by atoms with Gasteiger partial charge in [-0.05, 0) is 29.8 Å². The molecule has 3 aromatic rings. The number of aromatic nitrogens is 1. The zero-order valence-electron chi connectivity index (χ0n) is 12.2. The van der Waals surface area contributed by atoms with Crippen molar-refractivity contribution in [1.82, 2.24) is 4.98 Å². The molecular weight excluding hydrogens is 274 g/mol. The van der Waals surface area contributed by atoms with Crippen LogP contribution >= 0.6 is 0 Å². The standard InChI is InChI=1S/C19H15NO2/c1-21-14-10-8-13(9-11-14)18-15-5-2-3-7-17(15)22-19-16(18)6-4-12-20-19/h2-12,18H,1H3. The van der Waals surface area contributed by atoms with Gasteiger partial charge >= 0.3 is 0 Å². The van der Waals surface area contributed by atoms with E-state index in [0.717, 1.165) is 22.6 Å². The Kier molecular flexibility index (Phi) is 3.04. The number of para-hydroxylation sites is 1. The molecule has 0 saturated heterocycles. The van der Waals surface area contributed by atoms with E-state index in [2.05, 4.69) is 29.2 Å². The lowest BCUT2D eigenvalue weighted by Gasteiger charge is -2.27. The third-order valence-electron chi connectivity index (χ3n) is 4.00. The maximum absolute atomic E-state index is 5.94. The average molecular weight is 289 g/mol. The van der Waals surface area contributed by atoms with E-state index in [1.807, 2.05) is 36.4 Å². The first-order chi connectivity index (χ1) is 10.9. The number of pyridine rings is 1. The topological polar surface area (TPSA) is 31.4 Å². The zero-order valence-corrected chi connectivity index (χ0v) is 12.2. The minimum atomic E-state index is 0.125. The number of hydrogen-bond acceptors (Lipinski definition) is 3. The Balaban J connectivity index is 1.90. The molecule has 0 bridgehead atoms. The van der Waals surface area contributed by atoms with E-state index in [9.17, 15) is 0 Å². The maximum atomic E-state index is 5.94. The molecule has 108 valence electrons. The van der Waals surface area contributed by atoms with Crippen molar-refractivity contribution in [3.05, 3.63) is 83.6 Å². The lowest BCUT2D eigenvalue weighted by atomic mass is 9.84. The molecule has 1 aliphatic heterocycles. The van der Waals surface area contributed by atoms with Crippen molar-refractivity contribution in [2.75, 3.05) is 7.11 Å². The molecule has 0 radical (unpaired) electrons. The number of benzene rings is 2. The van der Waals surface area contributed by atoms with Crippen molar-refractivity contribution in [3.8, 4) is 17.4 Å². The third-order valence-corrected chi connectivity index (χ3v) is 4.00. The number of hydrogen-bond donors (Lipinski definition) is 0. The normalized spacial score (nSPS) is 15.4. The van der Waals surface area contributed by atoms with Gasteiger partial charge in [0.2, 0.25) is 5.88 Å². The first-order valence-electron chi connectivity index (χ1n) is 7.22. The molecule has 0 N–H and O–H groups in total. The fourth-order valence-electron chi connectivity index (χ4n) is 2.95. The van der Waals surface area contributed by atoms with Crippen LogP contribution in [0.5, 0.6) is 17.4 Å². The molecule has 0 spiro atoms. The monoisotopic (exact) mass is 289 g/mol. The van der Waals surface area contributed by atoms with Crippen LogP contribution in [0.15, 0.2) is 66.9 Å². The number of nitrogens with zero attached hydrogens (tertiary/aromatic N) is 1. The maximum Gasteiger partial charge on any atom is 0.223 e. The van der Waals surface area contributed by atoms with Crippen LogP contribution in [0, 0.1) is 0 Å². The highest BCUT2D eigenvalue weighted by Crippen LogP contribution is 2.46. The van der Waals surface area contributed by atoms with Gasteiger partial charge in [-0.3, -0.25) is 0 Å². The Hall–Kier alpha value is -2.81. The Morgan fingerprint density at radius 2 is 1.68 bits per heavy atom. The van der Waals surface area contributed by atoms with Crippen molar-refractivity contribution in [2.24, 2.45) is 0 Å². The highest BCUT2D eigenvalue weighted by Gasteiger charge is 2.28. The van der Waals surface area contributed by atoms with Gasteiger partial charge in [0.05, 0.1) is 7.11 Å². The van der Waals surface area contributed by atoms with Crippen molar-refractivity contribution in [2.45, 2.75) is 5.92 Å². The molecule has 3 heteroatoms. The van der Waals surface area contributed by atoms with E-state index in [-0.39, 0.29) is 5.92 Å². The molecular formula is C19H15NO2. The van der Waals surface area contributed by atoms with Crippen LogP contribution in [0.3, 0.4) is 0 Å². The van der Waals surface area contributed by atoms with Gasteiger partial charge in [-0.1, -0.05) is 36.4 Å². The van der Waals surface area contributed by atoms with E-state index >= 15 is 0 Å². The van der Waals surface area contributed by atoms with Gasteiger partial charge in [0.25, 0.3) is 0 Å². The SMILES string of the molecule is COc1ccc(C2c3ccccc3Oc3ncccc32)cc1. The summed E-state index contributed by atoms with van der Waals surface area (Å²) in [5, 5.41) is 0. The average Bonchev–Trinajstić information content (AvgIpc) is 2.60. The highest BCUT2D eigenvalue weighted by molar-refractivity contribution is 5.56. The summed E-state index contributed by atoms with van der Waals surface area (Å²) in [6.07, 6.45) is 1.76. The molecule has 22 heavy (non-hydrogen) atoms. The Morgan fingerprint density at radius 1 is 0.909 bits per heavy atom. The van der Waals surface area contributed by atoms with E-state index in [4.69, 9.17) is 9.47 Å². The lowest BCUT2D eigenvalue weighted by molar-refractivity contribution is 0.414. The Bertz CT molecular complexity index is 766. The molecule has 0 saturated carbocycles. The molecule has 1 aliphatic rings. The number of rotatable bonds is 2. The lowest BCUT2D eigenvalue weighted by Crippen LogP contribution is -2.12. The first-order valence-corrected chi connectivity index (χ1v) is 7.22. The summed E-state index contributed by atoms with van der Waals surface area (Å²) in [7, 11) is 1.68. The highest BCUT2D eigenvalue weighted by atomic mass is 16.5. The predicted octanol–water partition coefficient (Wildman–Crippen LogP) is 4.38. The van der Waals surface area contributed by atoms with Crippen LogP contribution in [0.2, 0.25) is 0 Å². The molecule has 1 unspecified atom stereocenters. The molecule has 1 atom stereocenters. The summed E-state index contributed by atoms with van der Waals surface area (Å²) >= 11 is 0. The zero-order chi connectivity index (χ0) is 14.9. The van der Waals surface area contributed by atoms with E-state index in [1.54, 1.807) is 13.3 Å². The summed E-state index contributed by atoms with van der Waals surface area (Å²) in [6, 6.07) is 20.3. The van der Waals surface area contributed by atoms with Gasteiger partial charge < -0.3 is 9.47 Å². The second-order valence-corrected chi connectivity index (χ2v) is 5.24. The minimum Gasteiger partial charge on any atom is -0.497 e. The van der Waals surface area contributed by atoms with Gasteiger partial charge in [-0.25, -0.2) is 4.98 Å². The van der Waals surface area contributed by atoms with Crippen molar-refractivity contribution < 1.29 is 9.47 Å². The Labute approximate surface area is 129 Å². The second kappa shape index (κ2) is 5.19. The molecule has 0 amide bonds. The third kappa shape index (κ3) is 2.02. The van der Waals surface area contributed by atoms with Crippen LogP contribution in [0.4, 0.5) is 0 Å². The fraction of sp³-hybridized carbons (Fsp3) is 0.105. The van der Waals surface area contributed by atoms with Crippen LogP contribution in [-0.2, 0) is 0 Å². The largest absolute Gasteiger partial charge is 0.497 e. The minimum absolute atomic E-state index is 0.125. The van der Waals surface area contributed by atoms with Crippen LogP contribution < -0.4 is 9.47 Å². The second-order valence-electron chi connectivity index (χ2n) is 5.24. The number of methoxy groups -OCH3 is 1. The number of ether oxygens (including phenoxy) is 2. The summed E-state index contributed by atoms with van der Waals surface area (Å²) in [5.41, 5.74) is 3.45. The van der Waals surface area contributed by atoms with E-state index in [0.29, 0.717) is 5.88 Å². The molecule has 2 aromatic carbocycles. The predicted molar refractivity (Wildman–Crippen MR) is 84.7 cm³/mol. The van der Waals surface area contributed by atoms with Crippen LogP contribution in [0.25, 0.3) is 0 Å². The summed E-state index contributed by atoms with van der Waals surface area (Å²) in [4.78, 5) is 4.38. The molecule has 1 aromatic heterocycles. The fourth-order valence-corrected chi connectivity index (χ4v) is 2.95. The van der Waals surface area contributed by atoms with Gasteiger partial charge in [0.1, 0.15) is 11.5 Å².